The minimum Gasteiger partial charge on any atom is -0.355 e. The summed E-state index contributed by atoms with van der Waals surface area (Å²) in [5.74, 6) is -0.168. The molecule has 5 rings (SSSR count). The van der Waals surface area contributed by atoms with Gasteiger partial charge in [0.25, 0.3) is 5.91 Å². The summed E-state index contributed by atoms with van der Waals surface area (Å²) in [5, 5.41) is 14.8. The lowest BCUT2D eigenvalue weighted by Gasteiger charge is -2.12. The molecule has 0 atom stereocenters. The van der Waals surface area contributed by atoms with Crippen molar-refractivity contribution in [3.05, 3.63) is 113 Å². The van der Waals surface area contributed by atoms with Crippen LogP contribution >= 0.6 is 0 Å². The number of amides is 1. The van der Waals surface area contributed by atoms with Gasteiger partial charge in [0.2, 0.25) is 0 Å². The third kappa shape index (κ3) is 5.25. The highest BCUT2D eigenvalue weighted by Gasteiger charge is 2.12. The molecule has 0 fully saturated rings. The van der Waals surface area contributed by atoms with Crippen molar-refractivity contribution in [3.8, 4) is 0 Å². The Balaban J connectivity index is 1.32. The van der Waals surface area contributed by atoms with Crippen molar-refractivity contribution in [2.45, 2.75) is 13.5 Å². The van der Waals surface area contributed by atoms with Gasteiger partial charge in [-0.2, -0.15) is 5.10 Å². The molecule has 35 heavy (non-hydrogen) atoms. The second-order valence-electron chi connectivity index (χ2n) is 8.13. The van der Waals surface area contributed by atoms with Crippen LogP contribution in [0.2, 0.25) is 0 Å². The molecule has 3 aromatic heterocycles. The Hall–Kier alpha value is -4.78. The first kappa shape index (κ1) is 22.0. The van der Waals surface area contributed by atoms with Gasteiger partial charge in [0.1, 0.15) is 0 Å². The van der Waals surface area contributed by atoms with Gasteiger partial charge < -0.3 is 10.6 Å². The number of carbonyl (C=O) groups excluding carboxylic acids is 1. The minimum atomic E-state index is -0.168. The molecule has 172 valence electrons. The molecule has 0 unspecified atom stereocenters. The van der Waals surface area contributed by atoms with Crippen LogP contribution in [-0.2, 0) is 6.54 Å². The molecule has 0 aliphatic carbocycles. The normalized spacial score (nSPS) is 11.1. The molecule has 0 aliphatic rings. The van der Waals surface area contributed by atoms with E-state index in [4.69, 9.17) is 0 Å². The van der Waals surface area contributed by atoms with Gasteiger partial charge in [-0.1, -0.05) is 18.2 Å². The monoisotopic (exact) mass is 460 g/mol. The molecule has 2 aromatic carbocycles. The molecule has 0 spiro atoms. The highest BCUT2D eigenvalue weighted by molar-refractivity contribution is 6.00. The zero-order valence-corrected chi connectivity index (χ0v) is 19.2. The van der Waals surface area contributed by atoms with E-state index in [1.165, 1.54) is 0 Å². The number of hydrogen-bond donors (Lipinski definition) is 3. The van der Waals surface area contributed by atoms with Crippen LogP contribution in [0.5, 0.6) is 0 Å². The Labute approximate surface area is 203 Å². The van der Waals surface area contributed by atoms with Crippen molar-refractivity contribution >= 4 is 40.3 Å². The van der Waals surface area contributed by atoms with Crippen LogP contribution in [0.3, 0.4) is 0 Å². The van der Waals surface area contributed by atoms with Crippen LogP contribution in [-0.4, -0.2) is 26.1 Å². The van der Waals surface area contributed by atoms with E-state index in [-0.39, 0.29) is 5.91 Å². The summed E-state index contributed by atoms with van der Waals surface area (Å²) >= 11 is 0. The zero-order chi connectivity index (χ0) is 24.0. The molecule has 0 saturated heterocycles. The number of aromatic amines is 1. The molecule has 7 heteroatoms. The standard InChI is InChI=1S/C28H24N6O/c1-19-13-15-30-20(16-19)10-12-26-23-11-9-21(17-27(23)34-33-26)32-25-8-3-2-7-24(25)28(35)31-18-22-6-4-5-14-29-22/h2-17,32H,18H2,1H3,(H,31,35)(H,33,34). The van der Waals surface area contributed by atoms with Gasteiger partial charge in [0.15, 0.2) is 0 Å². The molecule has 1 amide bonds. The number of para-hydroxylation sites is 1. The fraction of sp³-hybridized carbons (Fsp3) is 0.0714. The fourth-order valence-electron chi connectivity index (χ4n) is 3.77. The summed E-state index contributed by atoms with van der Waals surface area (Å²) in [4.78, 5) is 21.5. The molecule has 0 saturated carbocycles. The lowest BCUT2D eigenvalue weighted by Crippen LogP contribution is -2.24. The first-order chi connectivity index (χ1) is 17.2. The number of nitrogens with zero attached hydrogens (tertiary/aromatic N) is 3. The van der Waals surface area contributed by atoms with Crippen molar-refractivity contribution in [3.63, 3.8) is 0 Å². The van der Waals surface area contributed by atoms with E-state index in [1.54, 1.807) is 18.5 Å². The number of nitrogens with one attached hydrogen (secondary N) is 3. The molecule has 0 bridgehead atoms. The number of aryl methyl sites for hydroxylation is 1. The number of carbonyl (C=O) groups is 1. The number of fused-ring (bicyclic) bond motifs is 1. The van der Waals surface area contributed by atoms with E-state index >= 15 is 0 Å². The number of pyridine rings is 2. The molecule has 5 aromatic rings. The second-order valence-corrected chi connectivity index (χ2v) is 8.13. The maximum atomic E-state index is 12.8. The van der Waals surface area contributed by atoms with Gasteiger partial charge >= 0.3 is 0 Å². The van der Waals surface area contributed by atoms with Gasteiger partial charge in [0, 0.05) is 23.5 Å². The molecule has 0 aliphatic heterocycles. The van der Waals surface area contributed by atoms with Gasteiger partial charge in [-0.3, -0.25) is 19.9 Å². The van der Waals surface area contributed by atoms with Crippen molar-refractivity contribution in [1.82, 2.24) is 25.5 Å². The van der Waals surface area contributed by atoms with Crippen LogP contribution in [0, 0.1) is 6.92 Å². The molecule has 7 nitrogen and oxygen atoms in total. The lowest BCUT2D eigenvalue weighted by atomic mass is 10.1. The van der Waals surface area contributed by atoms with Crippen LogP contribution in [0.1, 0.15) is 33.0 Å². The number of anilines is 2. The van der Waals surface area contributed by atoms with E-state index < -0.39 is 0 Å². The smallest absolute Gasteiger partial charge is 0.253 e. The average Bonchev–Trinajstić information content (AvgIpc) is 3.29. The van der Waals surface area contributed by atoms with Crippen LogP contribution < -0.4 is 10.6 Å². The highest BCUT2D eigenvalue weighted by Crippen LogP contribution is 2.26. The average molecular weight is 461 g/mol. The van der Waals surface area contributed by atoms with Crippen LogP contribution in [0.25, 0.3) is 23.1 Å². The summed E-state index contributed by atoms with van der Waals surface area (Å²) in [7, 11) is 0. The maximum Gasteiger partial charge on any atom is 0.253 e. The quantitative estimate of drug-likeness (QED) is 0.298. The first-order valence-electron chi connectivity index (χ1n) is 11.3. The Morgan fingerprint density at radius 2 is 1.83 bits per heavy atom. The van der Waals surface area contributed by atoms with Crippen molar-refractivity contribution in [1.29, 1.82) is 0 Å². The largest absolute Gasteiger partial charge is 0.355 e. The van der Waals surface area contributed by atoms with Gasteiger partial charge in [-0.15, -0.1) is 0 Å². The van der Waals surface area contributed by atoms with Crippen molar-refractivity contribution < 1.29 is 4.79 Å². The van der Waals surface area contributed by atoms with E-state index in [9.17, 15) is 4.79 Å². The van der Waals surface area contributed by atoms with Gasteiger partial charge in [0.05, 0.1) is 40.4 Å². The summed E-state index contributed by atoms with van der Waals surface area (Å²) in [6, 6.07) is 23.0. The third-order valence-electron chi connectivity index (χ3n) is 5.55. The number of hydrogen-bond acceptors (Lipinski definition) is 5. The summed E-state index contributed by atoms with van der Waals surface area (Å²) in [6.45, 7) is 2.41. The molecule has 3 heterocycles. The second kappa shape index (κ2) is 10.0. The predicted octanol–water partition coefficient (Wildman–Crippen LogP) is 5.51. The first-order valence-corrected chi connectivity index (χ1v) is 11.3. The Morgan fingerprint density at radius 1 is 0.943 bits per heavy atom. The predicted molar refractivity (Wildman–Crippen MR) is 139 cm³/mol. The molecular formula is C28H24N6O. The van der Waals surface area contributed by atoms with Crippen LogP contribution in [0.15, 0.2) is 85.2 Å². The number of aromatic nitrogens is 4. The van der Waals surface area contributed by atoms with E-state index in [0.29, 0.717) is 12.1 Å². The van der Waals surface area contributed by atoms with E-state index in [0.717, 1.165) is 44.9 Å². The third-order valence-corrected chi connectivity index (χ3v) is 5.55. The summed E-state index contributed by atoms with van der Waals surface area (Å²) in [5.41, 5.74) is 6.71. The number of rotatable bonds is 7. The van der Waals surface area contributed by atoms with Crippen LogP contribution in [0.4, 0.5) is 11.4 Å². The fourth-order valence-corrected chi connectivity index (χ4v) is 3.77. The van der Waals surface area contributed by atoms with E-state index in [2.05, 4.69) is 30.8 Å². The molecule has 0 radical (unpaired) electrons. The Morgan fingerprint density at radius 3 is 2.69 bits per heavy atom. The van der Waals surface area contributed by atoms with Gasteiger partial charge in [-0.25, -0.2) is 0 Å². The zero-order valence-electron chi connectivity index (χ0n) is 19.2. The SMILES string of the molecule is Cc1ccnc(C=Cc2n[nH]c3cc(Nc4ccccc4C(=O)NCc4ccccn4)ccc23)c1. The van der Waals surface area contributed by atoms with Gasteiger partial charge in [-0.05, 0) is 79.2 Å². The molecular weight excluding hydrogens is 436 g/mol. The lowest BCUT2D eigenvalue weighted by molar-refractivity contribution is 0.0951. The number of benzene rings is 2. The Kier molecular flexibility index (Phi) is 6.30. The van der Waals surface area contributed by atoms with Crippen molar-refractivity contribution in [2.24, 2.45) is 0 Å². The van der Waals surface area contributed by atoms with E-state index in [1.807, 2.05) is 85.8 Å². The molecule has 3 N–H and O–H groups in total. The summed E-state index contributed by atoms with van der Waals surface area (Å²) in [6.07, 6.45) is 7.42. The summed E-state index contributed by atoms with van der Waals surface area (Å²) < 4.78 is 0. The number of H-pyrrole nitrogens is 1. The maximum absolute atomic E-state index is 12.8. The Bertz CT molecular complexity index is 1510. The highest BCUT2D eigenvalue weighted by atomic mass is 16.1. The topological polar surface area (TPSA) is 95.6 Å². The van der Waals surface area contributed by atoms with Crippen molar-refractivity contribution in [2.75, 3.05) is 5.32 Å². The minimum absolute atomic E-state index is 0.168.